The van der Waals surface area contributed by atoms with Crippen molar-refractivity contribution in [2.75, 3.05) is 6.61 Å². The minimum Gasteiger partial charge on any atom is -0.390 e. The van der Waals surface area contributed by atoms with Gasteiger partial charge in [-0.3, -0.25) is 0 Å². The van der Waals surface area contributed by atoms with E-state index in [1.165, 1.54) is 0 Å². The molecule has 0 amide bonds. The zero-order valence-corrected chi connectivity index (χ0v) is 11.0. The molecular weight excluding hydrogens is 259 g/mol. The van der Waals surface area contributed by atoms with Gasteiger partial charge in [-0.1, -0.05) is 35.3 Å². The molecule has 0 radical (unpaired) electrons. The fraction of sp³-hybridized carbons (Fsp3) is 0.538. The summed E-state index contributed by atoms with van der Waals surface area (Å²) in [7, 11) is 0. The van der Waals surface area contributed by atoms with E-state index in [1.807, 2.05) is 12.1 Å². The highest BCUT2D eigenvalue weighted by molar-refractivity contribution is 6.42. The van der Waals surface area contributed by atoms with Gasteiger partial charge in [0.15, 0.2) is 0 Å². The molecule has 0 aromatic heterocycles. The van der Waals surface area contributed by atoms with Gasteiger partial charge in [-0.2, -0.15) is 0 Å². The third kappa shape index (κ3) is 3.35. The van der Waals surface area contributed by atoms with E-state index in [4.69, 9.17) is 27.9 Å². The first-order valence-electron chi connectivity index (χ1n) is 5.91. The van der Waals surface area contributed by atoms with Crippen molar-refractivity contribution in [3.05, 3.63) is 33.8 Å². The van der Waals surface area contributed by atoms with Crippen LogP contribution in [0.15, 0.2) is 18.2 Å². The number of hydrogen-bond donors (Lipinski definition) is 1. The lowest BCUT2D eigenvalue weighted by molar-refractivity contribution is -0.0611. The summed E-state index contributed by atoms with van der Waals surface area (Å²) in [4.78, 5) is 0. The van der Waals surface area contributed by atoms with E-state index in [-0.39, 0.29) is 6.10 Å². The average Bonchev–Trinajstić information content (AvgIpc) is 2.36. The molecule has 2 rings (SSSR count). The first-order valence-corrected chi connectivity index (χ1v) is 6.66. The van der Waals surface area contributed by atoms with Crippen molar-refractivity contribution < 1.29 is 9.84 Å². The van der Waals surface area contributed by atoms with Crippen LogP contribution in [0.4, 0.5) is 0 Å². The minimum atomic E-state index is -0.508. The molecule has 1 heterocycles. The van der Waals surface area contributed by atoms with E-state index >= 15 is 0 Å². The summed E-state index contributed by atoms with van der Waals surface area (Å²) in [6.45, 7) is 0.741. The molecule has 1 saturated heterocycles. The zero-order valence-electron chi connectivity index (χ0n) is 9.53. The Morgan fingerprint density at radius 3 is 2.88 bits per heavy atom. The monoisotopic (exact) mass is 274 g/mol. The molecule has 1 fully saturated rings. The van der Waals surface area contributed by atoms with Gasteiger partial charge in [-0.05, 0) is 30.9 Å². The molecule has 0 aliphatic carbocycles. The van der Waals surface area contributed by atoms with Crippen molar-refractivity contribution in [1.29, 1.82) is 0 Å². The highest BCUT2D eigenvalue weighted by Crippen LogP contribution is 2.28. The van der Waals surface area contributed by atoms with Gasteiger partial charge in [0, 0.05) is 13.0 Å². The highest BCUT2D eigenvalue weighted by Gasteiger charge is 2.23. The molecule has 0 saturated carbocycles. The summed E-state index contributed by atoms with van der Waals surface area (Å²) in [6.07, 6.45) is 3.03. The first kappa shape index (κ1) is 13.2. The molecule has 1 aliphatic heterocycles. The molecule has 2 unspecified atom stereocenters. The summed E-state index contributed by atoms with van der Waals surface area (Å²) in [5.74, 6) is 0. The van der Waals surface area contributed by atoms with E-state index in [9.17, 15) is 5.11 Å². The van der Waals surface area contributed by atoms with Crippen LogP contribution in [0.1, 0.15) is 24.8 Å². The fourth-order valence-electron chi connectivity index (χ4n) is 2.13. The Hall–Kier alpha value is -0.280. The lowest BCUT2D eigenvalue weighted by Gasteiger charge is -2.27. The summed E-state index contributed by atoms with van der Waals surface area (Å²) in [6, 6.07) is 5.48. The van der Waals surface area contributed by atoms with Crippen molar-refractivity contribution in [2.24, 2.45) is 0 Å². The van der Waals surface area contributed by atoms with Gasteiger partial charge in [-0.25, -0.2) is 0 Å². The molecule has 1 aliphatic rings. The van der Waals surface area contributed by atoms with E-state index in [2.05, 4.69) is 0 Å². The van der Waals surface area contributed by atoms with Gasteiger partial charge in [-0.15, -0.1) is 0 Å². The summed E-state index contributed by atoms with van der Waals surface area (Å²) < 4.78 is 5.56. The van der Waals surface area contributed by atoms with Crippen LogP contribution in [-0.4, -0.2) is 23.9 Å². The number of aliphatic hydroxyl groups is 1. The predicted octanol–water partition coefficient (Wildman–Crippen LogP) is 3.47. The van der Waals surface area contributed by atoms with Crippen LogP contribution in [0.3, 0.4) is 0 Å². The zero-order chi connectivity index (χ0) is 12.3. The predicted molar refractivity (Wildman–Crippen MR) is 69.8 cm³/mol. The first-order chi connectivity index (χ1) is 8.18. The normalized spacial score (nSPS) is 22.4. The minimum absolute atomic E-state index is 0.0706. The van der Waals surface area contributed by atoms with Crippen LogP contribution in [0.5, 0.6) is 0 Å². The number of aliphatic hydroxyl groups excluding tert-OH is 1. The van der Waals surface area contributed by atoms with Crippen LogP contribution in [-0.2, 0) is 11.2 Å². The van der Waals surface area contributed by atoms with E-state index in [0.717, 1.165) is 31.4 Å². The maximum absolute atomic E-state index is 10.1. The SMILES string of the molecule is OC(Cc1cccc(Cl)c1Cl)C1CCCCO1. The van der Waals surface area contributed by atoms with Crippen molar-refractivity contribution in [1.82, 2.24) is 0 Å². The van der Waals surface area contributed by atoms with Crippen LogP contribution >= 0.6 is 23.2 Å². The molecule has 4 heteroatoms. The summed E-state index contributed by atoms with van der Waals surface area (Å²) >= 11 is 12.0. The second kappa shape index (κ2) is 6.05. The Kier molecular flexibility index (Phi) is 4.69. The van der Waals surface area contributed by atoms with Crippen molar-refractivity contribution >= 4 is 23.2 Å². The van der Waals surface area contributed by atoms with Gasteiger partial charge < -0.3 is 9.84 Å². The van der Waals surface area contributed by atoms with Gasteiger partial charge in [0.1, 0.15) is 0 Å². The molecule has 1 aromatic rings. The smallest absolute Gasteiger partial charge is 0.0842 e. The van der Waals surface area contributed by atoms with Crippen molar-refractivity contribution in [2.45, 2.75) is 37.9 Å². The topological polar surface area (TPSA) is 29.5 Å². The Labute approximate surface area is 111 Å². The molecule has 0 spiro atoms. The van der Waals surface area contributed by atoms with Crippen molar-refractivity contribution in [3.63, 3.8) is 0 Å². The number of benzene rings is 1. The molecular formula is C13H16Cl2O2. The van der Waals surface area contributed by atoms with Gasteiger partial charge >= 0.3 is 0 Å². The lowest BCUT2D eigenvalue weighted by atomic mass is 9.98. The fourth-order valence-corrected chi connectivity index (χ4v) is 2.53. The van der Waals surface area contributed by atoms with Gasteiger partial charge in [0.25, 0.3) is 0 Å². The molecule has 1 N–H and O–H groups in total. The second-order valence-corrected chi connectivity index (χ2v) is 5.17. The number of halogens is 2. The standard InChI is InChI=1S/C13H16Cl2O2/c14-10-5-3-4-9(13(10)15)8-11(16)12-6-1-2-7-17-12/h3-5,11-12,16H,1-2,6-8H2. The van der Waals surface area contributed by atoms with Crippen LogP contribution < -0.4 is 0 Å². The van der Waals surface area contributed by atoms with Gasteiger partial charge in [0.2, 0.25) is 0 Å². The Balaban J connectivity index is 2.01. The molecule has 17 heavy (non-hydrogen) atoms. The lowest BCUT2D eigenvalue weighted by Crippen LogP contribution is -2.33. The molecule has 1 aromatic carbocycles. The third-order valence-electron chi connectivity index (χ3n) is 3.10. The Bertz CT molecular complexity index is 376. The molecule has 0 bridgehead atoms. The van der Waals surface area contributed by atoms with Crippen LogP contribution in [0.2, 0.25) is 10.0 Å². The average molecular weight is 275 g/mol. The molecule has 94 valence electrons. The van der Waals surface area contributed by atoms with E-state index < -0.39 is 6.10 Å². The Morgan fingerprint density at radius 1 is 1.35 bits per heavy atom. The molecule has 2 atom stereocenters. The van der Waals surface area contributed by atoms with Crippen LogP contribution in [0, 0.1) is 0 Å². The molecule has 2 nitrogen and oxygen atoms in total. The maximum atomic E-state index is 10.1. The maximum Gasteiger partial charge on any atom is 0.0842 e. The summed E-state index contributed by atoms with van der Waals surface area (Å²) in [5.41, 5.74) is 0.876. The largest absolute Gasteiger partial charge is 0.390 e. The highest BCUT2D eigenvalue weighted by atomic mass is 35.5. The third-order valence-corrected chi connectivity index (χ3v) is 3.96. The van der Waals surface area contributed by atoms with Crippen molar-refractivity contribution in [3.8, 4) is 0 Å². The Morgan fingerprint density at radius 2 is 2.18 bits per heavy atom. The number of rotatable bonds is 3. The van der Waals surface area contributed by atoms with Crippen LogP contribution in [0.25, 0.3) is 0 Å². The van der Waals surface area contributed by atoms with E-state index in [0.29, 0.717) is 16.5 Å². The van der Waals surface area contributed by atoms with Gasteiger partial charge in [0.05, 0.1) is 22.3 Å². The summed E-state index contributed by atoms with van der Waals surface area (Å²) in [5, 5.41) is 11.2. The quantitative estimate of drug-likeness (QED) is 0.915. The number of hydrogen-bond acceptors (Lipinski definition) is 2. The number of ether oxygens (including phenoxy) is 1. The second-order valence-electron chi connectivity index (χ2n) is 4.39. The van der Waals surface area contributed by atoms with E-state index in [1.54, 1.807) is 6.07 Å².